The van der Waals surface area contributed by atoms with E-state index in [0.717, 1.165) is 141 Å². The monoisotopic (exact) mass is 1060 g/mol. The molecule has 1 unspecified atom stereocenters. The van der Waals surface area contributed by atoms with E-state index in [1.165, 1.54) is 77.0 Å². The smallest absolute Gasteiger partial charge is 0.306 e. The Labute approximate surface area is 474 Å². The van der Waals surface area contributed by atoms with Crippen LogP contribution in [0.1, 0.15) is 265 Å². The Balaban J connectivity index is 4.49. The minimum atomic E-state index is -0.814. The second kappa shape index (κ2) is 63.8. The van der Waals surface area contributed by atoms with Crippen molar-refractivity contribution < 1.29 is 28.6 Å². The molecular weight excluding hydrogens is 949 g/mol. The predicted molar refractivity (Wildman–Crippen MR) is 334 cm³/mol. The van der Waals surface area contributed by atoms with Gasteiger partial charge in [-0.15, -0.1) is 0 Å². The van der Waals surface area contributed by atoms with E-state index in [1.54, 1.807) is 0 Å². The lowest BCUT2D eigenvalue weighted by molar-refractivity contribution is -0.167. The Hall–Kier alpha value is -4.71. The van der Waals surface area contributed by atoms with Gasteiger partial charge in [-0.3, -0.25) is 14.4 Å². The number of carbonyl (C=O) groups is 3. The van der Waals surface area contributed by atoms with Gasteiger partial charge in [0.15, 0.2) is 6.10 Å². The molecule has 6 nitrogen and oxygen atoms in total. The second-order valence-corrected chi connectivity index (χ2v) is 20.2. The van der Waals surface area contributed by atoms with Crippen molar-refractivity contribution >= 4 is 17.9 Å². The third kappa shape index (κ3) is 62.0. The van der Waals surface area contributed by atoms with Crippen LogP contribution in [0.4, 0.5) is 0 Å². The number of allylic oxidation sites excluding steroid dienone is 24. The minimum Gasteiger partial charge on any atom is -0.462 e. The highest BCUT2D eigenvalue weighted by molar-refractivity contribution is 5.71. The van der Waals surface area contributed by atoms with Gasteiger partial charge in [-0.2, -0.15) is 0 Å². The van der Waals surface area contributed by atoms with Crippen molar-refractivity contribution in [3.63, 3.8) is 0 Å². The van der Waals surface area contributed by atoms with Gasteiger partial charge in [-0.05, 0) is 148 Å². The summed E-state index contributed by atoms with van der Waals surface area (Å²) in [6.45, 7) is 6.42. The molecule has 0 aliphatic rings. The zero-order chi connectivity index (χ0) is 55.7. The first-order chi connectivity index (χ1) is 38.0. The van der Waals surface area contributed by atoms with Crippen LogP contribution in [-0.4, -0.2) is 37.2 Å². The third-order valence-corrected chi connectivity index (χ3v) is 12.8. The van der Waals surface area contributed by atoms with Crippen molar-refractivity contribution in [1.29, 1.82) is 0 Å². The molecule has 0 fully saturated rings. The number of ether oxygens (including phenoxy) is 3. The Kier molecular flexibility index (Phi) is 59.9. The first-order valence-electron chi connectivity index (χ1n) is 31.3. The van der Waals surface area contributed by atoms with Gasteiger partial charge in [-0.1, -0.05) is 244 Å². The molecule has 0 aliphatic carbocycles. The van der Waals surface area contributed by atoms with Crippen LogP contribution in [0.15, 0.2) is 146 Å². The van der Waals surface area contributed by atoms with E-state index in [4.69, 9.17) is 14.2 Å². The van der Waals surface area contributed by atoms with Crippen LogP contribution in [0.3, 0.4) is 0 Å². The zero-order valence-corrected chi connectivity index (χ0v) is 49.7. The molecule has 0 saturated heterocycles. The van der Waals surface area contributed by atoms with Gasteiger partial charge >= 0.3 is 17.9 Å². The van der Waals surface area contributed by atoms with Crippen LogP contribution < -0.4 is 0 Å². The van der Waals surface area contributed by atoms with Gasteiger partial charge in [0.25, 0.3) is 0 Å². The van der Waals surface area contributed by atoms with E-state index < -0.39 is 6.10 Å². The summed E-state index contributed by atoms with van der Waals surface area (Å²) in [5.74, 6) is -0.975. The topological polar surface area (TPSA) is 78.9 Å². The van der Waals surface area contributed by atoms with Gasteiger partial charge in [-0.25, -0.2) is 0 Å². The lowest BCUT2D eigenvalue weighted by Gasteiger charge is -2.18. The molecule has 0 aliphatic heterocycles. The Morgan fingerprint density at radius 3 is 0.818 bits per heavy atom. The Morgan fingerprint density at radius 2 is 0.506 bits per heavy atom. The van der Waals surface area contributed by atoms with E-state index in [9.17, 15) is 14.4 Å². The Morgan fingerprint density at radius 1 is 0.273 bits per heavy atom. The predicted octanol–water partition coefficient (Wildman–Crippen LogP) is 21.5. The Bertz CT molecular complexity index is 1700. The molecule has 0 heterocycles. The molecule has 0 bridgehead atoms. The first kappa shape index (κ1) is 72.3. The molecule has 0 aromatic heterocycles. The third-order valence-electron chi connectivity index (χ3n) is 12.8. The van der Waals surface area contributed by atoms with Crippen molar-refractivity contribution in [2.24, 2.45) is 0 Å². The van der Waals surface area contributed by atoms with Crippen molar-refractivity contribution in [2.45, 2.75) is 271 Å². The molecule has 0 saturated carbocycles. The molecule has 77 heavy (non-hydrogen) atoms. The number of rotatable bonds is 55. The summed E-state index contributed by atoms with van der Waals surface area (Å²) >= 11 is 0. The average molecular weight is 1060 g/mol. The molecule has 0 amide bonds. The highest BCUT2D eigenvalue weighted by Gasteiger charge is 2.19. The lowest BCUT2D eigenvalue weighted by Crippen LogP contribution is -2.30. The van der Waals surface area contributed by atoms with Gasteiger partial charge in [0, 0.05) is 19.3 Å². The molecule has 0 aromatic rings. The lowest BCUT2D eigenvalue weighted by atomic mass is 10.1. The van der Waals surface area contributed by atoms with Crippen LogP contribution in [-0.2, 0) is 28.6 Å². The molecular formula is C71H114O6. The number of carbonyl (C=O) groups excluding carboxylic acids is 3. The van der Waals surface area contributed by atoms with Crippen LogP contribution in [0.5, 0.6) is 0 Å². The van der Waals surface area contributed by atoms with E-state index in [0.29, 0.717) is 25.7 Å². The summed E-state index contributed by atoms with van der Waals surface area (Å²) in [5.41, 5.74) is 0. The fourth-order valence-electron chi connectivity index (χ4n) is 8.11. The first-order valence-corrected chi connectivity index (χ1v) is 31.3. The maximum Gasteiger partial charge on any atom is 0.306 e. The molecule has 0 spiro atoms. The molecule has 0 radical (unpaired) electrons. The van der Waals surface area contributed by atoms with Gasteiger partial charge < -0.3 is 14.2 Å². The SMILES string of the molecule is CC/C=C\C/C=C\C/C=C\C/C=C\C/C=C\C/C=C\C/C=C\C/C=C\CCCCC(=O)OCC(COC(=O)CCCCCCC/C=C\C/C=C\CCCCC)OC(=O)CCCCCCCCC/C=C\C/C=C\CCCCC. The summed E-state index contributed by atoms with van der Waals surface area (Å²) in [7, 11) is 0. The van der Waals surface area contributed by atoms with E-state index in [-0.39, 0.29) is 31.1 Å². The second-order valence-electron chi connectivity index (χ2n) is 20.2. The van der Waals surface area contributed by atoms with Gasteiger partial charge in [0.2, 0.25) is 0 Å². The highest BCUT2D eigenvalue weighted by Crippen LogP contribution is 2.14. The molecule has 434 valence electrons. The van der Waals surface area contributed by atoms with Crippen molar-refractivity contribution in [3.05, 3.63) is 146 Å². The molecule has 1 atom stereocenters. The fourth-order valence-corrected chi connectivity index (χ4v) is 8.11. The van der Waals surface area contributed by atoms with Gasteiger partial charge in [0.1, 0.15) is 13.2 Å². The maximum absolute atomic E-state index is 12.9. The highest BCUT2D eigenvalue weighted by atomic mass is 16.6. The van der Waals surface area contributed by atoms with Crippen LogP contribution >= 0.6 is 0 Å². The molecule has 0 rings (SSSR count). The standard InChI is InChI=1S/C71H114O6/c1-4-7-10-13-16-19-22-25-28-30-31-32-33-34-35-36-37-38-39-41-43-46-49-52-55-58-61-64-70(73)76-67-68(66-75-69(72)63-60-57-54-51-48-45-42-27-24-21-18-15-12-9-6-3)77-71(74)65-62-59-56-53-50-47-44-40-29-26-23-20-17-14-11-8-5-2/h7,10,16-21,25-29,31-32,34-35,37-38,41-43,49,52,68H,4-6,8-9,11-15,22-24,30,33,36,39-40,44-48,50-51,53-67H2,1-3H3/b10-7-,19-16-,20-17-,21-18-,28-25-,29-26-,32-31-,35-34-,38-37-,42-27-,43-41-,52-49-. The maximum atomic E-state index is 12.9. The van der Waals surface area contributed by atoms with Gasteiger partial charge in [0.05, 0.1) is 0 Å². The number of hydrogen-bond acceptors (Lipinski definition) is 6. The average Bonchev–Trinajstić information content (AvgIpc) is 3.43. The summed E-state index contributed by atoms with van der Waals surface area (Å²) in [6.07, 6.45) is 91.3. The van der Waals surface area contributed by atoms with Crippen molar-refractivity contribution in [1.82, 2.24) is 0 Å². The molecule has 0 N–H and O–H groups in total. The summed E-state index contributed by atoms with van der Waals surface area (Å²) in [4.78, 5) is 38.3. The quantitative estimate of drug-likeness (QED) is 0.0261. The largest absolute Gasteiger partial charge is 0.462 e. The molecule has 6 heteroatoms. The van der Waals surface area contributed by atoms with Crippen molar-refractivity contribution in [3.8, 4) is 0 Å². The van der Waals surface area contributed by atoms with Crippen LogP contribution in [0.2, 0.25) is 0 Å². The van der Waals surface area contributed by atoms with Crippen LogP contribution in [0.25, 0.3) is 0 Å². The summed E-state index contributed by atoms with van der Waals surface area (Å²) in [6, 6.07) is 0. The summed E-state index contributed by atoms with van der Waals surface area (Å²) < 4.78 is 16.9. The van der Waals surface area contributed by atoms with E-state index >= 15 is 0 Å². The molecule has 0 aromatic carbocycles. The number of esters is 3. The van der Waals surface area contributed by atoms with E-state index in [1.807, 2.05) is 0 Å². The number of unbranched alkanes of at least 4 members (excludes halogenated alkanes) is 20. The minimum absolute atomic E-state index is 0.107. The van der Waals surface area contributed by atoms with E-state index in [2.05, 4.69) is 167 Å². The van der Waals surface area contributed by atoms with Crippen molar-refractivity contribution in [2.75, 3.05) is 13.2 Å². The van der Waals surface area contributed by atoms with Crippen LogP contribution in [0, 0.1) is 0 Å². The fraction of sp³-hybridized carbons (Fsp3) is 0.620. The summed E-state index contributed by atoms with van der Waals surface area (Å²) in [5, 5.41) is 0. The number of hydrogen-bond donors (Lipinski definition) is 0. The zero-order valence-electron chi connectivity index (χ0n) is 49.7. The normalized spacial score (nSPS) is 13.1.